The van der Waals surface area contributed by atoms with Crippen LogP contribution < -0.4 is 10.2 Å². The molecule has 1 saturated heterocycles. The number of nitrogens with one attached hydrogen (secondary N) is 1. The van der Waals surface area contributed by atoms with Gasteiger partial charge in [0.15, 0.2) is 0 Å². The van der Waals surface area contributed by atoms with E-state index in [0.717, 1.165) is 50.5 Å². The second kappa shape index (κ2) is 8.92. The molecule has 1 aliphatic heterocycles. The summed E-state index contributed by atoms with van der Waals surface area (Å²) in [5.41, 5.74) is 1.95. The Bertz CT molecular complexity index is 533. The number of benzene rings is 1. The van der Waals surface area contributed by atoms with Crippen LogP contribution in [0.3, 0.4) is 0 Å². The van der Waals surface area contributed by atoms with E-state index < -0.39 is 0 Å². The predicted octanol–water partition coefficient (Wildman–Crippen LogP) is 3.81. The van der Waals surface area contributed by atoms with Gasteiger partial charge >= 0.3 is 6.03 Å². The summed E-state index contributed by atoms with van der Waals surface area (Å²) < 4.78 is 5.52. The lowest BCUT2D eigenvalue weighted by molar-refractivity contribution is 0.0777. The van der Waals surface area contributed by atoms with Gasteiger partial charge in [-0.15, -0.1) is 0 Å². The number of piperidine rings is 1. The first-order valence-electron chi connectivity index (χ1n) is 8.97. The summed E-state index contributed by atoms with van der Waals surface area (Å²) in [4.78, 5) is 16.7. The zero-order valence-electron chi connectivity index (χ0n) is 15.4. The molecule has 1 N–H and O–H groups in total. The van der Waals surface area contributed by atoms with Crippen molar-refractivity contribution in [3.63, 3.8) is 0 Å². The van der Waals surface area contributed by atoms with E-state index in [-0.39, 0.29) is 6.03 Å². The minimum atomic E-state index is -0.0134. The molecule has 0 aliphatic carbocycles. The molecule has 134 valence electrons. The number of hydrogen-bond acceptors (Lipinski definition) is 3. The first-order valence-corrected chi connectivity index (χ1v) is 8.97. The normalized spacial score (nSPS) is 17.9. The van der Waals surface area contributed by atoms with Gasteiger partial charge in [0.1, 0.15) is 0 Å². The molecule has 1 atom stereocenters. The lowest BCUT2D eigenvalue weighted by Crippen LogP contribution is -2.43. The van der Waals surface area contributed by atoms with Crippen LogP contribution in [0.15, 0.2) is 24.3 Å². The fraction of sp³-hybridized carbons (Fsp3) is 0.632. The zero-order chi connectivity index (χ0) is 17.5. The molecule has 2 amide bonds. The Morgan fingerprint density at radius 1 is 1.46 bits per heavy atom. The number of amides is 2. The third-order valence-corrected chi connectivity index (χ3v) is 4.64. The molecule has 0 spiro atoms. The number of anilines is 2. The molecule has 1 fully saturated rings. The van der Waals surface area contributed by atoms with E-state index in [0.29, 0.717) is 12.0 Å². The van der Waals surface area contributed by atoms with E-state index >= 15 is 0 Å². The number of carbonyl (C=O) groups is 1. The van der Waals surface area contributed by atoms with Gasteiger partial charge in [0.25, 0.3) is 0 Å². The summed E-state index contributed by atoms with van der Waals surface area (Å²) >= 11 is 0. The van der Waals surface area contributed by atoms with Crippen LogP contribution >= 0.6 is 0 Å². The fourth-order valence-electron chi connectivity index (χ4n) is 2.97. The van der Waals surface area contributed by atoms with Crippen molar-refractivity contribution < 1.29 is 9.53 Å². The first-order chi connectivity index (χ1) is 11.5. The maximum atomic E-state index is 12.6. The van der Waals surface area contributed by atoms with Gasteiger partial charge in [-0.25, -0.2) is 4.79 Å². The maximum Gasteiger partial charge on any atom is 0.321 e. The third kappa shape index (κ3) is 5.13. The summed E-state index contributed by atoms with van der Waals surface area (Å²) in [6.07, 6.45) is 2.18. The SMILES string of the molecule is CCOC[C@H]1CCCN(C(=O)Nc2cccc(N(C)C(C)C)c2)C1. The summed E-state index contributed by atoms with van der Waals surface area (Å²) in [7, 11) is 2.06. The van der Waals surface area contributed by atoms with Gasteiger partial charge < -0.3 is 19.9 Å². The van der Waals surface area contributed by atoms with Crippen LogP contribution in [0.5, 0.6) is 0 Å². The predicted molar refractivity (Wildman–Crippen MR) is 99.8 cm³/mol. The Morgan fingerprint density at radius 2 is 2.25 bits per heavy atom. The molecule has 0 saturated carbocycles. The van der Waals surface area contributed by atoms with Gasteiger partial charge in [0.05, 0.1) is 6.61 Å². The van der Waals surface area contributed by atoms with Gasteiger partial charge in [-0.2, -0.15) is 0 Å². The number of urea groups is 1. The summed E-state index contributed by atoms with van der Waals surface area (Å²) in [6, 6.07) is 8.42. The summed E-state index contributed by atoms with van der Waals surface area (Å²) in [6.45, 7) is 9.38. The second-order valence-corrected chi connectivity index (χ2v) is 6.80. The topological polar surface area (TPSA) is 44.8 Å². The van der Waals surface area contributed by atoms with Gasteiger partial charge in [-0.1, -0.05) is 6.07 Å². The van der Waals surface area contributed by atoms with E-state index in [9.17, 15) is 4.79 Å². The molecule has 0 unspecified atom stereocenters. The standard InChI is InChI=1S/C19H31N3O2/c1-5-24-14-16-8-7-11-22(13-16)19(23)20-17-9-6-10-18(12-17)21(4)15(2)3/h6,9-10,12,15-16H,5,7-8,11,13-14H2,1-4H3,(H,20,23)/t16-/m0/s1. The van der Waals surface area contributed by atoms with Gasteiger partial charge in [-0.05, 0) is 51.8 Å². The van der Waals surface area contributed by atoms with Gasteiger partial charge in [0.2, 0.25) is 0 Å². The smallest absolute Gasteiger partial charge is 0.321 e. The van der Waals surface area contributed by atoms with E-state index in [1.54, 1.807) is 0 Å². The maximum absolute atomic E-state index is 12.6. The van der Waals surface area contributed by atoms with Gasteiger partial charge in [-0.3, -0.25) is 0 Å². The van der Waals surface area contributed by atoms with Crippen LogP contribution in [0.25, 0.3) is 0 Å². The Hall–Kier alpha value is -1.75. The van der Waals surface area contributed by atoms with E-state index in [1.807, 2.05) is 30.0 Å². The molecule has 0 radical (unpaired) electrons. The highest BCUT2D eigenvalue weighted by Gasteiger charge is 2.23. The molecule has 24 heavy (non-hydrogen) atoms. The minimum absolute atomic E-state index is 0.0134. The van der Waals surface area contributed by atoms with Crippen molar-refractivity contribution in [2.45, 2.75) is 39.7 Å². The van der Waals surface area contributed by atoms with Crippen LogP contribution in [0.4, 0.5) is 16.2 Å². The molecule has 1 aromatic rings. The van der Waals surface area contributed by atoms with Gasteiger partial charge in [0, 0.05) is 50.1 Å². The molecule has 0 bridgehead atoms. The van der Waals surface area contributed by atoms with Crippen molar-refractivity contribution in [2.75, 3.05) is 43.6 Å². The van der Waals surface area contributed by atoms with E-state index in [1.165, 1.54) is 0 Å². The molecule has 1 aromatic carbocycles. The lowest BCUT2D eigenvalue weighted by atomic mass is 9.99. The largest absolute Gasteiger partial charge is 0.381 e. The van der Waals surface area contributed by atoms with Crippen molar-refractivity contribution in [2.24, 2.45) is 5.92 Å². The molecule has 1 heterocycles. The first kappa shape index (κ1) is 18.6. The Labute approximate surface area is 146 Å². The average molecular weight is 333 g/mol. The van der Waals surface area contributed by atoms with E-state index in [4.69, 9.17) is 4.74 Å². The number of hydrogen-bond donors (Lipinski definition) is 1. The molecule has 0 aromatic heterocycles. The average Bonchev–Trinajstić information content (AvgIpc) is 2.59. The highest BCUT2D eigenvalue weighted by molar-refractivity contribution is 5.90. The molecule has 2 rings (SSSR count). The quantitative estimate of drug-likeness (QED) is 0.861. The number of nitrogens with zero attached hydrogens (tertiary/aromatic N) is 2. The fourth-order valence-corrected chi connectivity index (χ4v) is 2.97. The van der Waals surface area contributed by atoms with Crippen molar-refractivity contribution >= 4 is 17.4 Å². The minimum Gasteiger partial charge on any atom is -0.381 e. The highest BCUT2D eigenvalue weighted by Crippen LogP contribution is 2.22. The molecule has 5 nitrogen and oxygen atoms in total. The lowest BCUT2D eigenvalue weighted by Gasteiger charge is -2.32. The molecule has 5 heteroatoms. The van der Waals surface area contributed by atoms with Crippen molar-refractivity contribution in [1.82, 2.24) is 4.90 Å². The highest BCUT2D eigenvalue weighted by atomic mass is 16.5. The molecular formula is C19H31N3O2. The number of likely N-dealkylation sites (tertiary alicyclic amines) is 1. The number of carbonyl (C=O) groups excluding carboxylic acids is 1. The second-order valence-electron chi connectivity index (χ2n) is 6.80. The third-order valence-electron chi connectivity index (χ3n) is 4.64. The van der Waals surface area contributed by atoms with Crippen molar-refractivity contribution in [3.8, 4) is 0 Å². The molecular weight excluding hydrogens is 302 g/mol. The van der Waals surface area contributed by atoms with Crippen LogP contribution in [0.2, 0.25) is 0 Å². The van der Waals surface area contributed by atoms with E-state index in [2.05, 4.69) is 37.2 Å². The summed E-state index contributed by atoms with van der Waals surface area (Å²) in [5.74, 6) is 0.447. The summed E-state index contributed by atoms with van der Waals surface area (Å²) in [5, 5.41) is 3.04. The van der Waals surface area contributed by atoms with Crippen LogP contribution in [0.1, 0.15) is 33.6 Å². The zero-order valence-corrected chi connectivity index (χ0v) is 15.4. The van der Waals surface area contributed by atoms with Crippen LogP contribution in [-0.4, -0.2) is 50.3 Å². The Balaban J connectivity index is 1.95. The van der Waals surface area contributed by atoms with Crippen LogP contribution in [0, 0.1) is 5.92 Å². The van der Waals surface area contributed by atoms with Crippen molar-refractivity contribution in [1.29, 1.82) is 0 Å². The molecule has 1 aliphatic rings. The van der Waals surface area contributed by atoms with Crippen LogP contribution in [-0.2, 0) is 4.74 Å². The number of ether oxygens (including phenoxy) is 1. The van der Waals surface area contributed by atoms with Crippen molar-refractivity contribution in [3.05, 3.63) is 24.3 Å². The Kier molecular flexibility index (Phi) is 6.91. The monoisotopic (exact) mass is 333 g/mol. The Morgan fingerprint density at radius 3 is 2.96 bits per heavy atom. The number of rotatable bonds is 6.